The average Bonchev–Trinajstić information content (AvgIpc) is 3.24. The summed E-state index contributed by atoms with van der Waals surface area (Å²) in [6.45, 7) is 7.70. The van der Waals surface area contributed by atoms with Gasteiger partial charge in [0, 0.05) is 54.7 Å². The maximum absolute atomic E-state index is 6.12. The van der Waals surface area contributed by atoms with Gasteiger partial charge < -0.3 is 15.5 Å². The van der Waals surface area contributed by atoms with Gasteiger partial charge >= 0.3 is 0 Å². The minimum atomic E-state index is 0.383. The number of aromatic nitrogens is 1. The Kier molecular flexibility index (Phi) is 6.74. The summed E-state index contributed by atoms with van der Waals surface area (Å²) >= 11 is 7.81. The summed E-state index contributed by atoms with van der Waals surface area (Å²) in [6, 6.07) is 8.44. The molecule has 2 N–H and O–H groups in total. The molecule has 3 rings (SSSR count). The van der Waals surface area contributed by atoms with Crippen LogP contribution in [0.5, 0.6) is 0 Å². The molecule has 2 heterocycles. The quantitative estimate of drug-likeness (QED) is 0.584. The molecule has 1 fully saturated rings. The third-order valence-electron chi connectivity index (χ3n) is 4.35. The van der Waals surface area contributed by atoms with E-state index in [1.807, 2.05) is 25.1 Å². The molecule has 5 nitrogen and oxygen atoms in total. The summed E-state index contributed by atoms with van der Waals surface area (Å²) in [5.74, 6) is 0.886. The zero-order chi connectivity index (χ0) is 18.4. The van der Waals surface area contributed by atoms with E-state index in [0.717, 1.165) is 60.7 Å². The Labute approximate surface area is 164 Å². The molecule has 0 aliphatic carbocycles. The van der Waals surface area contributed by atoms with Gasteiger partial charge in [-0.3, -0.25) is 4.99 Å². The van der Waals surface area contributed by atoms with Crippen molar-refractivity contribution in [1.82, 2.24) is 15.6 Å². The number of guanidine groups is 1. The van der Waals surface area contributed by atoms with Gasteiger partial charge in [0.25, 0.3) is 0 Å². The predicted octanol–water partition coefficient (Wildman–Crippen LogP) is 3.48. The summed E-state index contributed by atoms with van der Waals surface area (Å²) < 4.78 is 0. The lowest BCUT2D eigenvalue weighted by molar-refractivity contribution is 0.649. The number of thiazole rings is 1. The maximum atomic E-state index is 6.12. The van der Waals surface area contributed by atoms with Crippen LogP contribution in [-0.4, -0.2) is 43.2 Å². The Hall–Kier alpha value is -1.79. The number of nitrogens with one attached hydrogen (secondary N) is 2. The van der Waals surface area contributed by atoms with E-state index in [1.165, 1.54) is 5.69 Å². The molecular weight excluding hydrogens is 366 g/mol. The number of rotatable bonds is 6. The first-order chi connectivity index (χ1) is 12.6. The van der Waals surface area contributed by atoms with Gasteiger partial charge in [0.05, 0.1) is 10.7 Å². The van der Waals surface area contributed by atoms with Gasteiger partial charge in [0.15, 0.2) is 5.96 Å². The molecule has 1 atom stereocenters. The van der Waals surface area contributed by atoms with Crippen molar-refractivity contribution in [3.63, 3.8) is 0 Å². The lowest BCUT2D eigenvalue weighted by atomic mass is 10.2. The maximum Gasteiger partial charge on any atom is 0.191 e. The zero-order valence-electron chi connectivity index (χ0n) is 15.3. The van der Waals surface area contributed by atoms with Crippen molar-refractivity contribution in [2.24, 2.45) is 4.99 Å². The van der Waals surface area contributed by atoms with Crippen LogP contribution in [0.4, 0.5) is 5.69 Å². The number of hydrogen-bond donors (Lipinski definition) is 2. The van der Waals surface area contributed by atoms with E-state index < -0.39 is 0 Å². The monoisotopic (exact) mass is 391 g/mol. The first-order valence-corrected chi connectivity index (χ1v) is 10.4. The highest BCUT2D eigenvalue weighted by atomic mass is 35.5. The molecule has 140 valence electrons. The third kappa shape index (κ3) is 5.35. The van der Waals surface area contributed by atoms with Crippen LogP contribution in [-0.2, 0) is 6.42 Å². The molecule has 1 saturated heterocycles. The number of anilines is 1. The highest BCUT2D eigenvalue weighted by Crippen LogP contribution is 2.23. The summed E-state index contributed by atoms with van der Waals surface area (Å²) in [7, 11) is 0. The standard InChI is InChI=1S/C19H26ClN5S/c1-3-21-19(22-9-7-17-13-26-14(2)23-17)24-16-8-10-25(12-16)18-6-4-5-15(20)11-18/h4-6,11,13,16H,3,7-10,12H2,1-2H3,(H2,21,22,24). The van der Waals surface area contributed by atoms with Crippen molar-refractivity contribution in [1.29, 1.82) is 0 Å². The topological polar surface area (TPSA) is 52.6 Å². The Balaban J connectivity index is 1.53. The van der Waals surface area contributed by atoms with Crippen molar-refractivity contribution in [3.8, 4) is 0 Å². The van der Waals surface area contributed by atoms with Gasteiger partial charge in [-0.05, 0) is 38.5 Å². The summed E-state index contributed by atoms with van der Waals surface area (Å²) in [5.41, 5.74) is 2.31. The SMILES string of the molecule is CCNC(=NCCc1csc(C)n1)NC1CCN(c2cccc(Cl)c2)C1. The average molecular weight is 392 g/mol. The molecule has 0 amide bonds. The molecule has 1 aromatic heterocycles. The van der Waals surface area contributed by atoms with Crippen LogP contribution in [0.2, 0.25) is 5.02 Å². The normalized spacial score (nSPS) is 17.6. The van der Waals surface area contributed by atoms with Gasteiger partial charge in [-0.2, -0.15) is 0 Å². The van der Waals surface area contributed by atoms with E-state index in [0.29, 0.717) is 6.04 Å². The van der Waals surface area contributed by atoms with Crippen molar-refractivity contribution < 1.29 is 0 Å². The lowest BCUT2D eigenvalue weighted by Gasteiger charge is -2.20. The molecular formula is C19H26ClN5S. The van der Waals surface area contributed by atoms with Gasteiger partial charge in [0.2, 0.25) is 0 Å². The Morgan fingerprint density at radius 1 is 1.46 bits per heavy atom. The van der Waals surface area contributed by atoms with E-state index in [1.54, 1.807) is 11.3 Å². The van der Waals surface area contributed by atoms with Crippen LogP contribution in [0.1, 0.15) is 24.0 Å². The summed E-state index contributed by atoms with van der Waals surface area (Å²) in [4.78, 5) is 11.6. The van der Waals surface area contributed by atoms with Crippen molar-refractivity contribution in [3.05, 3.63) is 45.4 Å². The minimum Gasteiger partial charge on any atom is -0.369 e. The molecule has 0 bridgehead atoms. The predicted molar refractivity (Wildman–Crippen MR) is 112 cm³/mol. The van der Waals surface area contributed by atoms with Crippen molar-refractivity contribution >= 4 is 34.6 Å². The first-order valence-electron chi connectivity index (χ1n) is 9.10. The number of hydrogen-bond acceptors (Lipinski definition) is 4. The highest BCUT2D eigenvalue weighted by Gasteiger charge is 2.23. The number of nitrogens with zero attached hydrogens (tertiary/aromatic N) is 3. The summed E-state index contributed by atoms with van der Waals surface area (Å²) in [5, 5.41) is 10.9. The number of halogens is 1. The van der Waals surface area contributed by atoms with Crippen molar-refractivity contribution in [2.75, 3.05) is 31.1 Å². The van der Waals surface area contributed by atoms with Gasteiger partial charge in [0.1, 0.15) is 0 Å². The number of aliphatic imine (C=N–C) groups is 1. The second-order valence-corrected chi connectivity index (χ2v) is 7.92. The Morgan fingerprint density at radius 2 is 2.35 bits per heavy atom. The molecule has 1 aliphatic heterocycles. The molecule has 1 unspecified atom stereocenters. The fourth-order valence-corrected chi connectivity index (χ4v) is 3.94. The van der Waals surface area contributed by atoms with E-state index in [-0.39, 0.29) is 0 Å². The van der Waals surface area contributed by atoms with Crippen LogP contribution in [0, 0.1) is 6.92 Å². The fourth-order valence-electron chi connectivity index (χ4n) is 3.10. The molecule has 0 saturated carbocycles. The molecule has 2 aromatic rings. The number of benzene rings is 1. The molecule has 0 spiro atoms. The van der Waals surface area contributed by atoms with Gasteiger partial charge in [-0.25, -0.2) is 4.98 Å². The second kappa shape index (κ2) is 9.24. The molecule has 26 heavy (non-hydrogen) atoms. The second-order valence-electron chi connectivity index (χ2n) is 6.42. The molecule has 7 heteroatoms. The Bertz CT molecular complexity index is 745. The molecule has 1 aliphatic rings. The molecule has 0 radical (unpaired) electrons. The van der Waals surface area contributed by atoms with Crippen LogP contribution in [0.25, 0.3) is 0 Å². The smallest absolute Gasteiger partial charge is 0.191 e. The van der Waals surface area contributed by atoms with E-state index in [4.69, 9.17) is 16.6 Å². The highest BCUT2D eigenvalue weighted by molar-refractivity contribution is 7.09. The number of aryl methyl sites for hydroxylation is 1. The van der Waals surface area contributed by atoms with Crippen LogP contribution in [0.15, 0.2) is 34.6 Å². The van der Waals surface area contributed by atoms with Crippen LogP contribution >= 0.6 is 22.9 Å². The zero-order valence-corrected chi connectivity index (χ0v) is 16.9. The minimum absolute atomic E-state index is 0.383. The van der Waals surface area contributed by atoms with E-state index in [9.17, 15) is 0 Å². The third-order valence-corrected chi connectivity index (χ3v) is 5.41. The first kappa shape index (κ1) is 19.0. The lowest BCUT2D eigenvalue weighted by Crippen LogP contribution is -2.44. The van der Waals surface area contributed by atoms with E-state index in [2.05, 4.69) is 38.9 Å². The molecule has 1 aromatic carbocycles. The van der Waals surface area contributed by atoms with Crippen LogP contribution < -0.4 is 15.5 Å². The van der Waals surface area contributed by atoms with E-state index >= 15 is 0 Å². The largest absolute Gasteiger partial charge is 0.369 e. The van der Waals surface area contributed by atoms with Crippen molar-refractivity contribution in [2.45, 2.75) is 32.7 Å². The van der Waals surface area contributed by atoms with Gasteiger partial charge in [-0.15, -0.1) is 11.3 Å². The van der Waals surface area contributed by atoms with Gasteiger partial charge in [-0.1, -0.05) is 17.7 Å². The van der Waals surface area contributed by atoms with Crippen LogP contribution in [0.3, 0.4) is 0 Å². The Morgan fingerprint density at radius 3 is 3.08 bits per heavy atom. The summed E-state index contributed by atoms with van der Waals surface area (Å²) in [6.07, 6.45) is 1.96. The fraction of sp³-hybridized carbons (Fsp3) is 0.474.